The van der Waals surface area contributed by atoms with Crippen LogP contribution >= 0.6 is 0 Å². The summed E-state index contributed by atoms with van der Waals surface area (Å²) in [7, 11) is 1.95. The van der Waals surface area contributed by atoms with E-state index in [0.29, 0.717) is 6.54 Å². The largest absolute Gasteiger partial charge is 0.376 e. The molecule has 1 aromatic carbocycles. The number of hydrogen-bond donors (Lipinski definition) is 2. The normalized spacial score (nSPS) is 10.8. The Kier molecular flexibility index (Phi) is 4.00. The molecule has 0 aliphatic carbocycles. The van der Waals surface area contributed by atoms with Crippen molar-refractivity contribution in [2.45, 2.75) is 6.54 Å². The third kappa shape index (κ3) is 3.14. The minimum atomic E-state index is 0.638. The number of nitrogens with one attached hydrogen (secondary N) is 2. The molecule has 25 heavy (non-hydrogen) atoms. The van der Waals surface area contributed by atoms with Crippen molar-refractivity contribution >= 4 is 5.69 Å². The summed E-state index contributed by atoms with van der Waals surface area (Å²) >= 11 is 0. The molecule has 0 aliphatic heterocycles. The van der Waals surface area contributed by atoms with Gasteiger partial charge in [-0.25, -0.2) is 0 Å². The van der Waals surface area contributed by atoms with E-state index < -0.39 is 0 Å². The van der Waals surface area contributed by atoms with Crippen LogP contribution in [0.1, 0.15) is 5.69 Å². The fraction of sp³-hybridized carbons (Fsp3) is 0.105. The van der Waals surface area contributed by atoms with E-state index >= 15 is 0 Å². The molecule has 3 aromatic heterocycles. The van der Waals surface area contributed by atoms with E-state index in [1.807, 2.05) is 60.5 Å². The first-order valence-corrected chi connectivity index (χ1v) is 8.07. The molecule has 0 spiro atoms. The molecule has 4 rings (SSSR count). The summed E-state index contributed by atoms with van der Waals surface area (Å²) in [4.78, 5) is 4.13. The molecule has 124 valence electrons. The van der Waals surface area contributed by atoms with Crippen molar-refractivity contribution in [1.82, 2.24) is 25.0 Å². The highest BCUT2D eigenvalue weighted by atomic mass is 15.3. The Morgan fingerprint density at radius 3 is 2.68 bits per heavy atom. The fourth-order valence-corrected chi connectivity index (χ4v) is 2.81. The number of rotatable bonds is 5. The number of H-pyrrole nitrogens is 1. The molecule has 0 atom stereocenters. The van der Waals surface area contributed by atoms with Gasteiger partial charge in [0.05, 0.1) is 35.5 Å². The predicted molar refractivity (Wildman–Crippen MR) is 97.8 cm³/mol. The SMILES string of the molecule is Cn1ncc(NCc2cc(-c3cccnc3)n[nH]2)c1-c1ccccc1. The molecule has 2 N–H and O–H groups in total. The molecule has 6 nitrogen and oxygen atoms in total. The molecule has 3 heterocycles. The Labute approximate surface area is 145 Å². The summed E-state index contributed by atoms with van der Waals surface area (Å²) in [6.45, 7) is 0.638. The lowest BCUT2D eigenvalue weighted by Gasteiger charge is -2.08. The molecular formula is C19H18N6. The van der Waals surface area contributed by atoms with Crippen LogP contribution in [-0.4, -0.2) is 25.0 Å². The van der Waals surface area contributed by atoms with Crippen molar-refractivity contribution in [3.63, 3.8) is 0 Å². The van der Waals surface area contributed by atoms with E-state index in [0.717, 1.165) is 33.9 Å². The second-order valence-corrected chi connectivity index (χ2v) is 5.77. The van der Waals surface area contributed by atoms with E-state index in [9.17, 15) is 0 Å². The number of anilines is 1. The van der Waals surface area contributed by atoms with Gasteiger partial charge in [-0.3, -0.25) is 14.8 Å². The van der Waals surface area contributed by atoms with Crippen molar-refractivity contribution in [2.75, 3.05) is 5.32 Å². The van der Waals surface area contributed by atoms with Gasteiger partial charge in [0.25, 0.3) is 0 Å². The lowest BCUT2D eigenvalue weighted by Crippen LogP contribution is -2.01. The molecule has 0 aliphatic rings. The summed E-state index contributed by atoms with van der Waals surface area (Å²) in [6, 6.07) is 16.2. The van der Waals surface area contributed by atoms with Gasteiger partial charge in [-0.2, -0.15) is 10.2 Å². The van der Waals surface area contributed by atoms with Crippen molar-refractivity contribution in [1.29, 1.82) is 0 Å². The van der Waals surface area contributed by atoms with E-state index in [1.54, 1.807) is 6.20 Å². The number of aromatic nitrogens is 5. The van der Waals surface area contributed by atoms with Gasteiger partial charge in [-0.15, -0.1) is 0 Å². The summed E-state index contributed by atoms with van der Waals surface area (Å²) in [5.41, 5.74) is 6.07. The highest BCUT2D eigenvalue weighted by Crippen LogP contribution is 2.27. The Morgan fingerprint density at radius 2 is 1.88 bits per heavy atom. The van der Waals surface area contributed by atoms with Crippen molar-refractivity contribution < 1.29 is 0 Å². The maximum absolute atomic E-state index is 4.38. The Hall–Kier alpha value is -3.41. The molecule has 0 saturated carbocycles. The van der Waals surface area contributed by atoms with Gasteiger partial charge in [0.2, 0.25) is 0 Å². The molecular weight excluding hydrogens is 312 g/mol. The van der Waals surface area contributed by atoms with Gasteiger partial charge in [0.15, 0.2) is 0 Å². The molecule has 0 fully saturated rings. The van der Waals surface area contributed by atoms with Gasteiger partial charge in [-0.05, 0) is 18.2 Å². The number of hydrogen-bond acceptors (Lipinski definition) is 4. The quantitative estimate of drug-likeness (QED) is 0.588. The summed E-state index contributed by atoms with van der Waals surface area (Å²) in [5, 5.41) is 15.3. The van der Waals surface area contributed by atoms with Crippen LogP contribution in [0.15, 0.2) is 67.1 Å². The van der Waals surface area contributed by atoms with Crippen LogP contribution in [0.5, 0.6) is 0 Å². The molecule has 0 radical (unpaired) electrons. The van der Waals surface area contributed by atoms with E-state index in [1.165, 1.54) is 0 Å². The first kappa shape index (κ1) is 15.1. The van der Waals surface area contributed by atoms with Crippen LogP contribution in [0.3, 0.4) is 0 Å². The highest BCUT2D eigenvalue weighted by Gasteiger charge is 2.11. The molecule has 0 bridgehead atoms. The Balaban J connectivity index is 1.52. The summed E-state index contributed by atoms with van der Waals surface area (Å²) in [5.74, 6) is 0. The average Bonchev–Trinajstić information content (AvgIpc) is 3.28. The summed E-state index contributed by atoms with van der Waals surface area (Å²) < 4.78 is 1.88. The van der Waals surface area contributed by atoms with E-state index in [-0.39, 0.29) is 0 Å². The number of benzene rings is 1. The van der Waals surface area contributed by atoms with Crippen molar-refractivity contribution in [3.8, 4) is 22.5 Å². The van der Waals surface area contributed by atoms with E-state index in [4.69, 9.17) is 0 Å². The zero-order valence-electron chi connectivity index (χ0n) is 13.8. The monoisotopic (exact) mass is 330 g/mol. The molecule has 6 heteroatoms. The Bertz CT molecular complexity index is 956. The zero-order chi connectivity index (χ0) is 17.1. The van der Waals surface area contributed by atoms with Gasteiger partial charge >= 0.3 is 0 Å². The third-order valence-electron chi connectivity index (χ3n) is 4.04. The minimum Gasteiger partial charge on any atom is -0.376 e. The second kappa shape index (κ2) is 6.60. The standard InChI is InChI=1S/C19H18N6/c1-25-19(14-6-3-2-4-7-14)18(13-22-25)21-12-16-10-17(24-23-16)15-8-5-9-20-11-15/h2-11,13,21H,12H2,1H3,(H,23,24). The molecule has 0 amide bonds. The lowest BCUT2D eigenvalue weighted by atomic mass is 10.1. The fourth-order valence-electron chi connectivity index (χ4n) is 2.81. The maximum atomic E-state index is 4.38. The predicted octanol–water partition coefficient (Wildman–Crippen LogP) is 3.48. The molecule has 0 saturated heterocycles. The minimum absolute atomic E-state index is 0.638. The van der Waals surface area contributed by atoms with Crippen LogP contribution in [0, 0.1) is 0 Å². The second-order valence-electron chi connectivity index (χ2n) is 5.77. The zero-order valence-corrected chi connectivity index (χ0v) is 13.8. The van der Waals surface area contributed by atoms with Crippen LogP contribution in [0.4, 0.5) is 5.69 Å². The number of nitrogens with zero attached hydrogens (tertiary/aromatic N) is 4. The van der Waals surface area contributed by atoms with Crippen LogP contribution in [0.2, 0.25) is 0 Å². The first-order valence-electron chi connectivity index (χ1n) is 8.07. The van der Waals surface area contributed by atoms with Gasteiger partial charge in [0, 0.05) is 30.6 Å². The maximum Gasteiger partial charge on any atom is 0.0939 e. The summed E-state index contributed by atoms with van der Waals surface area (Å²) in [6.07, 6.45) is 5.41. The first-order chi connectivity index (χ1) is 12.3. The van der Waals surface area contributed by atoms with Crippen LogP contribution in [-0.2, 0) is 13.6 Å². The van der Waals surface area contributed by atoms with Crippen molar-refractivity contribution in [2.24, 2.45) is 7.05 Å². The highest BCUT2D eigenvalue weighted by molar-refractivity contribution is 5.74. The topological polar surface area (TPSA) is 71.4 Å². The van der Waals surface area contributed by atoms with Gasteiger partial charge < -0.3 is 5.32 Å². The lowest BCUT2D eigenvalue weighted by molar-refractivity contribution is 0.776. The number of aromatic amines is 1. The molecule has 0 unspecified atom stereocenters. The van der Waals surface area contributed by atoms with Gasteiger partial charge in [0.1, 0.15) is 0 Å². The molecule has 4 aromatic rings. The Morgan fingerprint density at radius 1 is 1.04 bits per heavy atom. The number of aryl methyl sites for hydroxylation is 1. The van der Waals surface area contributed by atoms with Gasteiger partial charge in [-0.1, -0.05) is 30.3 Å². The third-order valence-corrected chi connectivity index (χ3v) is 4.04. The number of pyridine rings is 1. The van der Waals surface area contributed by atoms with Crippen LogP contribution in [0.25, 0.3) is 22.5 Å². The van der Waals surface area contributed by atoms with Crippen molar-refractivity contribution in [3.05, 3.63) is 72.8 Å². The van der Waals surface area contributed by atoms with E-state index in [2.05, 4.69) is 37.7 Å². The average molecular weight is 330 g/mol. The van der Waals surface area contributed by atoms with Crippen LogP contribution < -0.4 is 5.32 Å². The smallest absolute Gasteiger partial charge is 0.0939 e.